The van der Waals surface area contributed by atoms with Crippen LogP contribution in [0.2, 0.25) is 0 Å². The van der Waals surface area contributed by atoms with Crippen molar-refractivity contribution in [1.29, 1.82) is 5.26 Å². The van der Waals surface area contributed by atoms with Gasteiger partial charge in [0.25, 0.3) is 0 Å². The van der Waals surface area contributed by atoms with Crippen LogP contribution in [-0.2, 0) is 5.41 Å². The molecule has 0 fully saturated rings. The number of nitrogens with zero attached hydrogens (tertiary/aromatic N) is 4. The second-order valence-corrected chi connectivity index (χ2v) is 14.3. The minimum absolute atomic E-state index is 0.589. The Morgan fingerprint density at radius 1 is 0.393 bits per heavy atom. The Morgan fingerprint density at radius 2 is 0.911 bits per heavy atom. The molecule has 0 saturated carbocycles. The van der Waals surface area contributed by atoms with E-state index >= 15 is 0 Å². The van der Waals surface area contributed by atoms with E-state index in [9.17, 15) is 5.26 Å². The molecule has 11 rings (SSSR count). The highest BCUT2D eigenvalue weighted by molar-refractivity contribution is 5.93. The zero-order chi connectivity index (χ0) is 37.2. The van der Waals surface area contributed by atoms with Gasteiger partial charge in [-0.25, -0.2) is 15.0 Å². The highest BCUT2D eigenvalue weighted by Crippen LogP contribution is 2.62. The summed E-state index contributed by atoms with van der Waals surface area (Å²) in [7, 11) is 0. The van der Waals surface area contributed by atoms with Crippen LogP contribution in [0.15, 0.2) is 182 Å². The van der Waals surface area contributed by atoms with Gasteiger partial charge in [0.1, 0.15) is 11.5 Å². The third-order valence-corrected chi connectivity index (χ3v) is 11.2. The van der Waals surface area contributed by atoms with Gasteiger partial charge in [-0.2, -0.15) is 5.26 Å². The molecule has 1 spiro atoms. The first-order chi connectivity index (χ1) is 27.7. The SMILES string of the molecule is N#Cc1ccccc1-c1ccc2c(c1)-c1cc(-c3nc(-c4ccccc4)nc(-c4ccc5ccccc5c4)n3)ccc1C21c2ccccc2Oc2ccccc21. The van der Waals surface area contributed by atoms with Crippen molar-refractivity contribution in [1.82, 2.24) is 15.0 Å². The first kappa shape index (κ1) is 31.8. The highest BCUT2D eigenvalue weighted by Gasteiger charge is 2.51. The fourth-order valence-electron chi connectivity index (χ4n) is 8.73. The molecule has 1 aromatic heterocycles. The minimum atomic E-state index is -0.646. The van der Waals surface area contributed by atoms with Gasteiger partial charge in [-0.3, -0.25) is 0 Å². The molecule has 0 amide bonds. The third-order valence-electron chi connectivity index (χ3n) is 11.2. The summed E-state index contributed by atoms with van der Waals surface area (Å²) >= 11 is 0. The molecule has 2 aliphatic rings. The summed E-state index contributed by atoms with van der Waals surface area (Å²) in [5.74, 6) is 3.47. The number of aromatic nitrogens is 3. The van der Waals surface area contributed by atoms with Gasteiger partial charge in [-0.15, -0.1) is 0 Å². The number of rotatable bonds is 4. The van der Waals surface area contributed by atoms with Crippen LogP contribution in [0.5, 0.6) is 11.5 Å². The quantitative estimate of drug-likeness (QED) is 0.181. The Hall–Kier alpha value is -7.68. The van der Waals surface area contributed by atoms with Crippen molar-refractivity contribution in [2.45, 2.75) is 5.41 Å². The molecule has 0 saturated heterocycles. The topological polar surface area (TPSA) is 71.7 Å². The van der Waals surface area contributed by atoms with Gasteiger partial charge >= 0.3 is 0 Å². The molecule has 9 aromatic rings. The Morgan fingerprint density at radius 3 is 1.61 bits per heavy atom. The van der Waals surface area contributed by atoms with Crippen LogP contribution in [0.4, 0.5) is 0 Å². The summed E-state index contributed by atoms with van der Waals surface area (Å²) in [6.07, 6.45) is 0. The molecule has 56 heavy (non-hydrogen) atoms. The average molecular weight is 715 g/mol. The molecule has 260 valence electrons. The maximum Gasteiger partial charge on any atom is 0.164 e. The van der Waals surface area contributed by atoms with Crippen molar-refractivity contribution in [3.63, 3.8) is 0 Å². The molecule has 0 atom stereocenters. The van der Waals surface area contributed by atoms with Crippen LogP contribution in [0.3, 0.4) is 0 Å². The van der Waals surface area contributed by atoms with Gasteiger partial charge < -0.3 is 4.74 Å². The van der Waals surface area contributed by atoms with Crippen molar-refractivity contribution in [3.05, 3.63) is 210 Å². The lowest BCUT2D eigenvalue weighted by Crippen LogP contribution is -2.32. The second-order valence-electron chi connectivity index (χ2n) is 14.3. The highest BCUT2D eigenvalue weighted by atomic mass is 16.5. The number of hydrogen-bond donors (Lipinski definition) is 0. The lowest BCUT2D eigenvalue weighted by Gasteiger charge is -2.39. The summed E-state index contributed by atoms with van der Waals surface area (Å²) in [4.78, 5) is 15.3. The van der Waals surface area contributed by atoms with E-state index in [4.69, 9.17) is 19.7 Å². The molecule has 1 aliphatic carbocycles. The molecule has 5 heteroatoms. The standard InChI is InChI=1S/C51H30N4O/c52-31-38-16-6-7-17-39(38)35-24-26-42-40(29-35)41-30-37(25-27-43(41)51(42)44-18-8-10-20-46(44)56-47-21-11-9-19-45(47)51)50-54-48(33-13-2-1-3-14-33)53-49(55-50)36-23-22-32-12-4-5-15-34(32)28-36/h1-30H. The summed E-state index contributed by atoms with van der Waals surface area (Å²) in [6, 6.07) is 64.9. The van der Waals surface area contributed by atoms with Crippen LogP contribution < -0.4 is 4.74 Å². The molecule has 0 unspecified atom stereocenters. The van der Waals surface area contributed by atoms with Crippen LogP contribution in [0.1, 0.15) is 27.8 Å². The number of hydrogen-bond acceptors (Lipinski definition) is 5. The predicted octanol–water partition coefficient (Wildman–Crippen LogP) is 12.0. The Balaban J connectivity index is 1.18. The lowest BCUT2D eigenvalue weighted by atomic mass is 9.66. The monoisotopic (exact) mass is 714 g/mol. The van der Waals surface area contributed by atoms with Crippen molar-refractivity contribution < 1.29 is 4.74 Å². The lowest BCUT2D eigenvalue weighted by molar-refractivity contribution is 0.436. The predicted molar refractivity (Wildman–Crippen MR) is 221 cm³/mol. The number of para-hydroxylation sites is 2. The van der Waals surface area contributed by atoms with Crippen molar-refractivity contribution in [2.75, 3.05) is 0 Å². The smallest absolute Gasteiger partial charge is 0.164 e. The van der Waals surface area contributed by atoms with E-state index in [1.165, 1.54) is 0 Å². The molecule has 0 N–H and O–H groups in total. The zero-order valence-corrected chi connectivity index (χ0v) is 30.0. The van der Waals surface area contributed by atoms with E-state index in [0.29, 0.717) is 23.0 Å². The van der Waals surface area contributed by atoms with Crippen LogP contribution >= 0.6 is 0 Å². The van der Waals surface area contributed by atoms with Crippen molar-refractivity contribution in [3.8, 4) is 74.0 Å². The minimum Gasteiger partial charge on any atom is -0.457 e. The van der Waals surface area contributed by atoms with Crippen molar-refractivity contribution >= 4 is 10.8 Å². The Kier molecular flexibility index (Phi) is 7.07. The van der Waals surface area contributed by atoms with Gasteiger partial charge in [0, 0.05) is 27.8 Å². The van der Waals surface area contributed by atoms with Gasteiger partial charge in [0.2, 0.25) is 0 Å². The molecule has 5 nitrogen and oxygen atoms in total. The van der Waals surface area contributed by atoms with E-state index in [1.807, 2.05) is 66.7 Å². The van der Waals surface area contributed by atoms with Crippen molar-refractivity contribution in [2.24, 2.45) is 0 Å². The fraction of sp³-hybridized carbons (Fsp3) is 0.0196. The summed E-state index contributed by atoms with van der Waals surface area (Å²) in [6.45, 7) is 0. The summed E-state index contributed by atoms with van der Waals surface area (Å²) in [5.41, 5.74) is 11.2. The normalized spacial score (nSPS) is 12.9. The Labute approximate surface area is 323 Å². The number of benzene rings is 8. The first-order valence-corrected chi connectivity index (χ1v) is 18.7. The van der Waals surface area contributed by atoms with Crippen LogP contribution in [0.25, 0.3) is 67.2 Å². The molecule has 1 aliphatic heterocycles. The molecule has 2 heterocycles. The number of ether oxygens (including phenoxy) is 1. The zero-order valence-electron chi connectivity index (χ0n) is 30.0. The molecule has 0 radical (unpaired) electrons. The summed E-state index contributed by atoms with van der Waals surface area (Å²) in [5, 5.41) is 12.4. The molecule has 8 aromatic carbocycles. The Bertz CT molecular complexity index is 3050. The largest absolute Gasteiger partial charge is 0.457 e. The molecular formula is C51H30N4O. The van der Waals surface area contributed by atoms with Crippen LogP contribution in [-0.4, -0.2) is 15.0 Å². The van der Waals surface area contributed by atoms with E-state index < -0.39 is 5.41 Å². The van der Waals surface area contributed by atoms with Gasteiger partial charge in [0.05, 0.1) is 17.0 Å². The molecule has 0 bridgehead atoms. The fourth-order valence-corrected chi connectivity index (χ4v) is 8.73. The van der Waals surface area contributed by atoms with Crippen LogP contribution in [0, 0.1) is 11.3 Å². The maximum atomic E-state index is 10.1. The third kappa shape index (κ3) is 4.76. The number of nitriles is 1. The van der Waals surface area contributed by atoms with Gasteiger partial charge in [-0.1, -0.05) is 146 Å². The molecular weight excluding hydrogens is 685 g/mol. The van der Waals surface area contributed by atoms with E-state index in [1.54, 1.807) is 0 Å². The van der Waals surface area contributed by atoms with E-state index in [2.05, 4.69) is 121 Å². The first-order valence-electron chi connectivity index (χ1n) is 18.7. The van der Waals surface area contributed by atoms with E-state index in [0.717, 1.165) is 83.5 Å². The second kappa shape index (κ2) is 12.4. The van der Waals surface area contributed by atoms with E-state index in [-0.39, 0.29) is 0 Å². The average Bonchev–Trinajstić information content (AvgIpc) is 3.55. The van der Waals surface area contributed by atoms with Gasteiger partial charge in [-0.05, 0) is 80.6 Å². The van der Waals surface area contributed by atoms with Gasteiger partial charge in [0.15, 0.2) is 17.5 Å². The number of fused-ring (bicyclic) bond motifs is 10. The summed E-state index contributed by atoms with van der Waals surface area (Å²) < 4.78 is 6.58. The maximum absolute atomic E-state index is 10.1.